The minimum absolute atomic E-state index is 0.0577. The molecule has 1 aromatic heterocycles. The highest BCUT2D eigenvalue weighted by atomic mass is 32.2. The first kappa shape index (κ1) is 20.0. The molecule has 0 saturated heterocycles. The van der Waals surface area contributed by atoms with Crippen molar-refractivity contribution in [2.45, 2.75) is 33.1 Å². The number of hydrogen-bond acceptors (Lipinski definition) is 4. The quantitative estimate of drug-likeness (QED) is 0.659. The van der Waals surface area contributed by atoms with E-state index >= 15 is 0 Å². The Hall–Kier alpha value is -2.73. The SMILES string of the molecule is Cc1ccc(CNC(=O)C[S@](=O)Cc2nc(-c3ccccc3C)oc2C)cc1. The Morgan fingerprint density at radius 3 is 2.50 bits per heavy atom. The number of nitrogens with one attached hydrogen (secondary N) is 1. The van der Waals surface area contributed by atoms with Crippen LogP contribution in [0.2, 0.25) is 0 Å². The van der Waals surface area contributed by atoms with Gasteiger partial charge in [0, 0.05) is 22.9 Å². The van der Waals surface area contributed by atoms with Crippen LogP contribution in [0.15, 0.2) is 52.9 Å². The standard InChI is InChI=1S/C22H24N2O3S/c1-15-8-10-18(11-9-15)12-23-21(25)14-28(26)13-20-17(3)27-22(24-20)19-7-5-4-6-16(19)2/h4-11H,12-14H2,1-3H3,(H,23,25)/t28-/m1/s1. The van der Waals surface area contributed by atoms with Crippen LogP contribution in [-0.2, 0) is 27.9 Å². The van der Waals surface area contributed by atoms with Gasteiger partial charge in [-0.2, -0.15) is 0 Å². The fraction of sp³-hybridized carbons (Fsp3) is 0.273. The van der Waals surface area contributed by atoms with E-state index in [0.29, 0.717) is 23.9 Å². The van der Waals surface area contributed by atoms with Gasteiger partial charge in [0.05, 0.1) is 11.4 Å². The third-order valence-corrected chi connectivity index (χ3v) is 5.65. The Morgan fingerprint density at radius 2 is 1.79 bits per heavy atom. The molecule has 0 aliphatic heterocycles. The lowest BCUT2D eigenvalue weighted by Gasteiger charge is -2.05. The fourth-order valence-electron chi connectivity index (χ4n) is 2.80. The van der Waals surface area contributed by atoms with Crippen LogP contribution in [0, 0.1) is 20.8 Å². The zero-order chi connectivity index (χ0) is 20.1. The second-order valence-electron chi connectivity index (χ2n) is 6.83. The molecule has 3 aromatic rings. The normalized spacial score (nSPS) is 12.0. The summed E-state index contributed by atoms with van der Waals surface area (Å²) in [5, 5.41) is 2.81. The average Bonchev–Trinajstić information content (AvgIpc) is 3.01. The molecule has 0 aliphatic carbocycles. The van der Waals surface area contributed by atoms with Crippen molar-refractivity contribution in [1.82, 2.24) is 10.3 Å². The Labute approximate surface area is 167 Å². The Morgan fingerprint density at radius 1 is 1.07 bits per heavy atom. The van der Waals surface area contributed by atoms with E-state index in [-0.39, 0.29) is 17.4 Å². The van der Waals surface area contributed by atoms with Gasteiger partial charge in [-0.15, -0.1) is 0 Å². The zero-order valence-electron chi connectivity index (χ0n) is 16.3. The summed E-state index contributed by atoms with van der Waals surface area (Å²) in [5.41, 5.74) is 4.79. The van der Waals surface area contributed by atoms with Gasteiger partial charge in [-0.25, -0.2) is 4.98 Å². The maximum atomic E-state index is 12.4. The molecular weight excluding hydrogens is 372 g/mol. The zero-order valence-corrected chi connectivity index (χ0v) is 17.1. The first-order valence-electron chi connectivity index (χ1n) is 9.12. The highest BCUT2D eigenvalue weighted by Gasteiger charge is 2.16. The Bertz CT molecular complexity index is 993. The summed E-state index contributed by atoms with van der Waals surface area (Å²) in [6, 6.07) is 15.8. The summed E-state index contributed by atoms with van der Waals surface area (Å²) in [5.74, 6) is 1.05. The number of amides is 1. The molecule has 0 fully saturated rings. The van der Waals surface area contributed by atoms with Crippen LogP contribution < -0.4 is 5.32 Å². The van der Waals surface area contributed by atoms with E-state index in [4.69, 9.17) is 4.42 Å². The minimum Gasteiger partial charge on any atom is -0.441 e. The number of aryl methyl sites for hydroxylation is 3. The fourth-order valence-corrected chi connectivity index (χ4v) is 3.87. The van der Waals surface area contributed by atoms with Crippen LogP contribution in [0.5, 0.6) is 0 Å². The predicted octanol–water partition coefficient (Wildman–Crippen LogP) is 3.83. The monoisotopic (exact) mass is 396 g/mol. The molecule has 0 aliphatic rings. The van der Waals surface area contributed by atoms with E-state index in [1.807, 2.05) is 62.4 Å². The molecule has 1 N–H and O–H groups in total. The van der Waals surface area contributed by atoms with Crippen LogP contribution in [0.3, 0.4) is 0 Å². The highest BCUT2D eigenvalue weighted by molar-refractivity contribution is 7.84. The topological polar surface area (TPSA) is 72.2 Å². The van der Waals surface area contributed by atoms with E-state index in [9.17, 15) is 9.00 Å². The van der Waals surface area contributed by atoms with Crippen molar-refractivity contribution in [1.29, 1.82) is 0 Å². The minimum atomic E-state index is -1.36. The number of oxazole rings is 1. The Kier molecular flexibility index (Phi) is 6.41. The molecule has 0 unspecified atom stereocenters. The summed E-state index contributed by atoms with van der Waals surface area (Å²) in [6.07, 6.45) is 0. The molecule has 1 atom stereocenters. The Balaban J connectivity index is 1.56. The van der Waals surface area contributed by atoms with Crippen molar-refractivity contribution in [3.63, 3.8) is 0 Å². The third kappa shape index (κ3) is 5.16. The predicted molar refractivity (Wildman–Crippen MR) is 111 cm³/mol. The van der Waals surface area contributed by atoms with Crippen molar-refractivity contribution in [2.75, 3.05) is 5.75 Å². The van der Waals surface area contributed by atoms with Gasteiger partial charge in [0.25, 0.3) is 0 Å². The van der Waals surface area contributed by atoms with Crippen LogP contribution in [0.25, 0.3) is 11.5 Å². The molecule has 0 bridgehead atoms. The van der Waals surface area contributed by atoms with Gasteiger partial charge >= 0.3 is 0 Å². The number of hydrogen-bond donors (Lipinski definition) is 1. The second-order valence-corrected chi connectivity index (χ2v) is 8.28. The van der Waals surface area contributed by atoms with Gasteiger partial charge in [0.15, 0.2) is 0 Å². The molecule has 2 aromatic carbocycles. The lowest BCUT2D eigenvalue weighted by Crippen LogP contribution is -2.28. The van der Waals surface area contributed by atoms with Gasteiger partial charge in [0.1, 0.15) is 11.5 Å². The number of aromatic nitrogens is 1. The molecular formula is C22H24N2O3S. The third-order valence-electron chi connectivity index (χ3n) is 4.47. The lowest BCUT2D eigenvalue weighted by atomic mass is 10.1. The van der Waals surface area contributed by atoms with E-state index in [1.54, 1.807) is 6.92 Å². The molecule has 3 rings (SSSR count). The molecule has 0 radical (unpaired) electrons. The summed E-state index contributed by atoms with van der Waals surface area (Å²) >= 11 is 0. The van der Waals surface area contributed by atoms with Crippen LogP contribution in [0.1, 0.15) is 28.1 Å². The van der Waals surface area contributed by atoms with Crippen molar-refractivity contribution in [3.8, 4) is 11.5 Å². The largest absolute Gasteiger partial charge is 0.441 e. The number of nitrogens with zero attached hydrogens (tertiary/aromatic N) is 1. The van der Waals surface area contributed by atoms with Gasteiger partial charge in [-0.05, 0) is 38.0 Å². The van der Waals surface area contributed by atoms with Gasteiger partial charge in [0.2, 0.25) is 11.8 Å². The van der Waals surface area contributed by atoms with Crippen LogP contribution in [0.4, 0.5) is 0 Å². The second kappa shape index (κ2) is 8.97. The lowest BCUT2D eigenvalue weighted by molar-refractivity contribution is -0.118. The first-order chi connectivity index (χ1) is 13.4. The summed E-state index contributed by atoms with van der Waals surface area (Å²) in [6.45, 7) is 6.24. The smallest absolute Gasteiger partial charge is 0.232 e. The van der Waals surface area contributed by atoms with E-state index in [1.165, 1.54) is 5.56 Å². The highest BCUT2D eigenvalue weighted by Crippen LogP contribution is 2.25. The summed E-state index contributed by atoms with van der Waals surface area (Å²) in [7, 11) is -1.36. The number of benzene rings is 2. The van der Waals surface area contributed by atoms with E-state index in [0.717, 1.165) is 16.7 Å². The van der Waals surface area contributed by atoms with Crippen molar-refractivity contribution in [2.24, 2.45) is 0 Å². The molecule has 28 heavy (non-hydrogen) atoms. The van der Waals surface area contributed by atoms with Gasteiger partial charge in [-0.1, -0.05) is 48.0 Å². The van der Waals surface area contributed by atoms with Crippen LogP contribution in [-0.4, -0.2) is 20.9 Å². The maximum absolute atomic E-state index is 12.4. The summed E-state index contributed by atoms with van der Waals surface area (Å²) in [4.78, 5) is 16.6. The molecule has 146 valence electrons. The molecule has 5 nitrogen and oxygen atoms in total. The summed E-state index contributed by atoms with van der Waals surface area (Å²) < 4.78 is 18.2. The number of carbonyl (C=O) groups excluding carboxylic acids is 1. The van der Waals surface area contributed by atoms with Crippen molar-refractivity contribution >= 4 is 16.7 Å². The number of rotatable bonds is 7. The van der Waals surface area contributed by atoms with E-state index in [2.05, 4.69) is 10.3 Å². The van der Waals surface area contributed by atoms with Gasteiger partial charge in [-0.3, -0.25) is 9.00 Å². The van der Waals surface area contributed by atoms with E-state index < -0.39 is 10.8 Å². The average molecular weight is 397 g/mol. The van der Waals surface area contributed by atoms with Crippen molar-refractivity contribution < 1.29 is 13.4 Å². The molecule has 1 heterocycles. The molecule has 1 amide bonds. The number of carbonyl (C=O) groups is 1. The van der Waals surface area contributed by atoms with Gasteiger partial charge < -0.3 is 9.73 Å². The maximum Gasteiger partial charge on any atom is 0.232 e. The van der Waals surface area contributed by atoms with Crippen LogP contribution >= 0.6 is 0 Å². The van der Waals surface area contributed by atoms with Crippen molar-refractivity contribution in [3.05, 3.63) is 76.7 Å². The molecule has 6 heteroatoms. The molecule has 0 saturated carbocycles. The first-order valence-corrected chi connectivity index (χ1v) is 10.6. The molecule has 0 spiro atoms.